The van der Waals surface area contributed by atoms with Crippen LogP contribution in [-0.2, 0) is 9.84 Å². The lowest BCUT2D eigenvalue weighted by atomic mass is 9.96. The molecule has 1 atom stereocenters. The second kappa shape index (κ2) is 7.29. The number of carbonyl (C=O) groups is 1. The van der Waals surface area contributed by atoms with Crippen LogP contribution >= 0.6 is 0 Å². The maximum Gasteiger partial charge on any atom is 0.272 e. The van der Waals surface area contributed by atoms with E-state index in [1.807, 2.05) is 30.3 Å². The summed E-state index contributed by atoms with van der Waals surface area (Å²) in [4.78, 5) is 16.8. The fraction of sp³-hybridized carbons (Fsp3) is 0.263. The summed E-state index contributed by atoms with van der Waals surface area (Å²) in [7, 11) is -3.55. The summed E-state index contributed by atoms with van der Waals surface area (Å²) in [5.74, 6) is -0.193. The van der Waals surface area contributed by atoms with Gasteiger partial charge in [-0.2, -0.15) is 0 Å². The zero-order chi connectivity index (χ0) is 18.7. The highest BCUT2D eigenvalue weighted by molar-refractivity contribution is 7.90. The number of rotatable bonds is 6. The molecule has 0 radical (unpaired) electrons. The quantitative estimate of drug-likeness (QED) is 0.722. The number of pyridine rings is 1. The SMILES string of the molecule is CCC(CNC(=O)c1nc(S(C)(=O)=O)n2ccccc12)c1ccccc1. The highest BCUT2D eigenvalue weighted by Crippen LogP contribution is 2.20. The lowest BCUT2D eigenvalue weighted by molar-refractivity contribution is 0.0947. The number of hydrogen-bond donors (Lipinski definition) is 1. The zero-order valence-corrected chi connectivity index (χ0v) is 15.5. The van der Waals surface area contributed by atoms with E-state index in [0.717, 1.165) is 18.2 Å². The average molecular weight is 371 g/mol. The van der Waals surface area contributed by atoms with Crippen LogP contribution < -0.4 is 5.32 Å². The highest BCUT2D eigenvalue weighted by atomic mass is 32.2. The molecule has 3 rings (SSSR count). The molecule has 26 heavy (non-hydrogen) atoms. The molecule has 0 aliphatic heterocycles. The Morgan fingerprint density at radius 3 is 2.50 bits per heavy atom. The smallest absolute Gasteiger partial charge is 0.272 e. The third-order valence-electron chi connectivity index (χ3n) is 4.34. The van der Waals surface area contributed by atoms with Gasteiger partial charge in [-0.3, -0.25) is 9.20 Å². The van der Waals surface area contributed by atoms with Crippen molar-refractivity contribution in [1.29, 1.82) is 0 Å². The van der Waals surface area contributed by atoms with Crippen LogP contribution in [0.5, 0.6) is 0 Å². The molecule has 1 N–H and O–H groups in total. The summed E-state index contributed by atoms with van der Waals surface area (Å²) in [5.41, 5.74) is 1.74. The van der Waals surface area contributed by atoms with Crippen molar-refractivity contribution in [3.8, 4) is 0 Å². The summed E-state index contributed by atoms with van der Waals surface area (Å²) in [5, 5.41) is 2.76. The van der Waals surface area contributed by atoms with Crippen LogP contribution in [0.15, 0.2) is 59.9 Å². The van der Waals surface area contributed by atoms with Gasteiger partial charge in [-0.05, 0) is 24.1 Å². The topological polar surface area (TPSA) is 80.5 Å². The van der Waals surface area contributed by atoms with Crippen molar-refractivity contribution < 1.29 is 13.2 Å². The minimum Gasteiger partial charge on any atom is -0.350 e. The van der Waals surface area contributed by atoms with Crippen LogP contribution in [0.3, 0.4) is 0 Å². The fourth-order valence-electron chi connectivity index (χ4n) is 2.96. The largest absolute Gasteiger partial charge is 0.350 e. The van der Waals surface area contributed by atoms with Crippen molar-refractivity contribution in [3.05, 3.63) is 66.0 Å². The normalized spacial score (nSPS) is 12.8. The van der Waals surface area contributed by atoms with Gasteiger partial charge in [0.05, 0.1) is 5.52 Å². The van der Waals surface area contributed by atoms with Crippen LogP contribution in [0.4, 0.5) is 0 Å². The number of imidazole rings is 1. The van der Waals surface area contributed by atoms with Gasteiger partial charge in [0.1, 0.15) is 0 Å². The molecule has 7 heteroatoms. The maximum atomic E-state index is 12.7. The molecule has 6 nitrogen and oxygen atoms in total. The van der Waals surface area contributed by atoms with Gasteiger partial charge in [0.2, 0.25) is 15.0 Å². The Balaban J connectivity index is 1.87. The number of fused-ring (bicyclic) bond motifs is 1. The van der Waals surface area contributed by atoms with Crippen LogP contribution in [0.1, 0.15) is 35.3 Å². The van der Waals surface area contributed by atoms with Crippen LogP contribution in [-0.4, -0.2) is 36.5 Å². The average Bonchev–Trinajstić information content (AvgIpc) is 3.03. The first-order valence-corrected chi connectivity index (χ1v) is 10.3. The van der Waals surface area contributed by atoms with Gasteiger partial charge >= 0.3 is 0 Å². The van der Waals surface area contributed by atoms with E-state index in [1.54, 1.807) is 24.4 Å². The molecule has 0 saturated heterocycles. The number of hydrogen-bond acceptors (Lipinski definition) is 4. The van der Waals surface area contributed by atoms with Crippen LogP contribution in [0.2, 0.25) is 0 Å². The monoisotopic (exact) mass is 371 g/mol. The molecule has 1 unspecified atom stereocenters. The standard InChI is InChI=1S/C19H21N3O3S/c1-3-14(15-9-5-4-6-10-15)13-20-18(23)17-16-11-7-8-12-22(16)19(21-17)26(2,24)25/h4-12,14H,3,13H2,1-2H3,(H,20,23). The molecule has 3 aromatic rings. The molecule has 136 valence electrons. The Kier molecular flexibility index (Phi) is 5.08. The summed E-state index contributed by atoms with van der Waals surface area (Å²) in [6, 6.07) is 15.1. The molecule has 2 heterocycles. The molecule has 0 spiro atoms. The predicted octanol–water partition coefficient (Wildman–Crippen LogP) is 2.66. The predicted molar refractivity (Wildman–Crippen MR) is 100 cm³/mol. The molecular formula is C19H21N3O3S. The molecule has 2 aromatic heterocycles. The first-order valence-electron chi connectivity index (χ1n) is 8.42. The fourth-order valence-corrected chi connectivity index (χ4v) is 3.73. The van der Waals surface area contributed by atoms with E-state index in [2.05, 4.69) is 17.2 Å². The van der Waals surface area contributed by atoms with Gasteiger partial charge in [-0.15, -0.1) is 0 Å². The Labute approximate surface area is 152 Å². The van der Waals surface area contributed by atoms with Crippen LogP contribution in [0, 0.1) is 0 Å². The Bertz CT molecular complexity index is 1030. The van der Waals surface area contributed by atoms with Crippen LogP contribution in [0.25, 0.3) is 5.52 Å². The number of benzene rings is 1. The second-order valence-electron chi connectivity index (χ2n) is 6.20. The number of aromatic nitrogens is 2. The van der Waals surface area contributed by atoms with E-state index in [4.69, 9.17) is 0 Å². The summed E-state index contributed by atoms with van der Waals surface area (Å²) < 4.78 is 25.4. The number of sulfone groups is 1. The minimum atomic E-state index is -3.55. The summed E-state index contributed by atoms with van der Waals surface area (Å²) >= 11 is 0. The Hall–Kier alpha value is -2.67. The van der Waals surface area contributed by atoms with Gasteiger partial charge in [-0.25, -0.2) is 13.4 Å². The van der Waals surface area contributed by atoms with Gasteiger partial charge in [0.25, 0.3) is 5.91 Å². The van der Waals surface area contributed by atoms with E-state index in [0.29, 0.717) is 12.1 Å². The lowest BCUT2D eigenvalue weighted by Gasteiger charge is -2.15. The first kappa shape index (κ1) is 18.1. The number of amides is 1. The zero-order valence-electron chi connectivity index (χ0n) is 14.7. The first-order chi connectivity index (χ1) is 12.4. The van der Waals surface area contributed by atoms with Gasteiger partial charge in [0, 0.05) is 24.9 Å². The highest BCUT2D eigenvalue weighted by Gasteiger charge is 2.23. The van der Waals surface area contributed by atoms with Crippen molar-refractivity contribution in [3.63, 3.8) is 0 Å². The molecular weight excluding hydrogens is 350 g/mol. The molecule has 1 amide bonds. The van der Waals surface area contributed by atoms with E-state index in [-0.39, 0.29) is 22.7 Å². The number of nitrogens with zero attached hydrogens (tertiary/aromatic N) is 2. The second-order valence-corrected chi connectivity index (χ2v) is 8.11. The van der Waals surface area contributed by atoms with Crippen molar-refractivity contribution in [2.24, 2.45) is 0 Å². The third-order valence-corrected chi connectivity index (χ3v) is 5.29. The van der Waals surface area contributed by atoms with E-state index in [1.165, 1.54) is 4.40 Å². The van der Waals surface area contributed by atoms with Crippen molar-refractivity contribution in [1.82, 2.24) is 14.7 Å². The van der Waals surface area contributed by atoms with Crippen molar-refractivity contribution in [2.45, 2.75) is 24.4 Å². The van der Waals surface area contributed by atoms with Gasteiger partial charge < -0.3 is 5.32 Å². The van der Waals surface area contributed by atoms with Gasteiger partial charge in [-0.1, -0.05) is 43.3 Å². The third kappa shape index (κ3) is 3.62. The van der Waals surface area contributed by atoms with Crippen molar-refractivity contribution in [2.75, 3.05) is 12.8 Å². The lowest BCUT2D eigenvalue weighted by Crippen LogP contribution is -2.28. The van der Waals surface area contributed by atoms with E-state index >= 15 is 0 Å². The number of carbonyl (C=O) groups excluding carboxylic acids is 1. The Morgan fingerprint density at radius 1 is 1.15 bits per heavy atom. The summed E-state index contributed by atoms with van der Waals surface area (Å²) in [6.07, 6.45) is 3.55. The molecule has 0 aliphatic carbocycles. The molecule has 0 bridgehead atoms. The molecule has 0 fully saturated rings. The van der Waals surface area contributed by atoms with Crippen molar-refractivity contribution >= 4 is 21.3 Å². The molecule has 0 aliphatic rings. The van der Waals surface area contributed by atoms with E-state index < -0.39 is 9.84 Å². The maximum absolute atomic E-state index is 12.7. The summed E-state index contributed by atoms with van der Waals surface area (Å²) in [6.45, 7) is 2.52. The molecule has 1 aromatic carbocycles. The molecule has 0 saturated carbocycles. The number of nitrogens with one attached hydrogen (secondary N) is 1. The van der Waals surface area contributed by atoms with Gasteiger partial charge in [0.15, 0.2) is 5.69 Å². The minimum absolute atomic E-state index is 0.119. The van der Waals surface area contributed by atoms with E-state index in [9.17, 15) is 13.2 Å². The Morgan fingerprint density at radius 2 is 1.85 bits per heavy atom.